The number of carbonyl (C=O) groups excluding carboxylic acids is 2. The summed E-state index contributed by atoms with van der Waals surface area (Å²) >= 11 is 25.0. The van der Waals surface area contributed by atoms with Gasteiger partial charge in [-0.2, -0.15) is 0 Å². The van der Waals surface area contributed by atoms with Crippen LogP contribution in [0.3, 0.4) is 0 Å². The van der Waals surface area contributed by atoms with Crippen LogP contribution in [0.4, 0.5) is 0 Å². The fourth-order valence-corrected chi connectivity index (χ4v) is 5.91. The molecule has 188 valence electrons. The summed E-state index contributed by atoms with van der Waals surface area (Å²) in [7, 11) is 3.91. The number of likely N-dealkylation sites (tertiary alicyclic amines) is 1. The Labute approximate surface area is 226 Å². The van der Waals surface area contributed by atoms with E-state index in [1.807, 2.05) is 7.05 Å². The molecule has 35 heavy (non-hydrogen) atoms. The van der Waals surface area contributed by atoms with Crippen molar-refractivity contribution in [1.82, 2.24) is 15.1 Å². The largest absolute Gasteiger partial charge is 0.343 e. The SMILES string of the molecule is CN1CCC(N(C)C(=O)C(Cc2ccc(Cl)cc2Cl)NC(=O)C2(c3ccc(Cl)cc3Cl)CC2)CC1. The molecule has 1 atom stereocenters. The number of hydrogen-bond acceptors (Lipinski definition) is 3. The summed E-state index contributed by atoms with van der Waals surface area (Å²) in [5.41, 5.74) is 0.733. The van der Waals surface area contributed by atoms with Gasteiger partial charge >= 0.3 is 0 Å². The first kappa shape index (κ1) is 26.6. The van der Waals surface area contributed by atoms with Gasteiger partial charge in [-0.25, -0.2) is 0 Å². The van der Waals surface area contributed by atoms with Crippen LogP contribution in [0.1, 0.15) is 36.8 Å². The Morgan fingerprint density at radius 2 is 1.63 bits per heavy atom. The van der Waals surface area contributed by atoms with E-state index in [4.69, 9.17) is 46.4 Å². The van der Waals surface area contributed by atoms with Crippen molar-refractivity contribution in [3.05, 3.63) is 67.6 Å². The maximum atomic E-state index is 13.7. The molecule has 1 unspecified atom stereocenters. The van der Waals surface area contributed by atoms with Gasteiger partial charge in [-0.15, -0.1) is 0 Å². The summed E-state index contributed by atoms with van der Waals surface area (Å²) in [6.45, 7) is 1.86. The molecule has 0 radical (unpaired) electrons. The fraction of sp³-hybridized carbons (Fsp3) is 0.462. The standard InChI is InChI=1S/C26H29Cl4N3O2/c1-32-11-7-19(8-12-32)33(2)24(34)23(13-16-3-4-17(27)14-21(16)29)31-25(35)26(9-10-26)20-6-5-18(28)15-22(20)30/h3-6,14-15,19,23H,7-13H2,1-2H3,(H,31,35). The van der Waals surface area contributed by atoms with Gasteiger partial charge in [0.1, 0.15) is 6.04 Å². The molecular formula is C26H29Cl4N3O2. The summed E-state index contributed by atoms with van der Waals surface area (Å²) in [4.78, 5) is 31.4. The highest BCUT2D eigenvalue weighted by Gasteiger charge is 2.53. The number of halogens is 4. The molecule has 2 fully saturated rings. The molecule has 5 nitrogen and oxygen atoms in total. The zero-order chi connectivity index (χ0) is 25.3. The number of carbonyl (C=O) groups is 2. The maximum Gasteiger partial charge on any atom is 0.245 e. The van der Waals surface area contributed by atoms with Crippen LogP contribution in [0.15, 0.2) is 36.4 Å². The van der Waals surface area contributed by atoms with E-state index in [1.54, 1.807) is 41.3 Å². The van der Waals surface area contributed by atoms with Gasteiger partial charge in [-0.3, -0.25) is 9.59 Å². The van der Waals surface area contributed by atoms with E-state index in [-0.39, 0.29) is 24.3 Å². The minimum Gasteiger partial charge on any atom is -0.343 e. The van der Waals surface area contributed by atoms with Crippen molar-refractivity contribution in [2.45, 2.75) is 49.6 Å². The first-order valence-corrected chi connectivity index (χ1v) is 13.3. The second-order valence-electron chi connectivity index (χ2n) is 9.66. The molecule has 1 N–H and O–H groups in total. The van der Waals surface area contributed by atoms with Crippen LogP contribution in [0.5, 0.6) is 0 Å². The van der Waals surface area contributed by atoms with Gasteiger partial charge in [-0.05, 0) is 81.2 Å². The van der Waals surface area contributed by atoms with E-state index in [1.165, 1.54) is 0 Å². The fourth-order valence-electron chi connectivity index (χ4n) is 4.83. The van der Waals surface area contributed by atoms with Crippen LogP contribution in [0.25, 0.3) is 0 Å². The first-order valence-electron chi connectivity index (χ1n) is 11.8. The lowest BCUT2D eigenvalue weighted by atomic mass is 9.93. The predicted molar refractivity (Wildman–Crippen MR) is 143 cm³/mol. The molecule has 1 heterocycles. The van der Waals surface area contributed by atoms with Crippen molar-refractivity contribution in [3.63, 3.8) is 0 Å². The van der Waals surface area contributed by atoms with Crippen LogP contribution in [0.2, 0.25) is 20.1 Å². The number of rotatable bonds is 7. The third-order valence-corrected chi connectivity index (χ3v) is 8.39. The molecule has 9 heteroatoms. The van der Waals surface area contributed by atoms with E-state index in [9.17, 15) is 9.59 Å². The Balaban J connectivity index is 1.58. The molecule has 2 aliphatic rings. The van der Waals surface area contributed by atoms with Crippen molar-refractivity contribution in [2.75, 3.05) is 27.2 Å². The average molecular weight is 557 g/mol. The zero-order valence-corrected chi connectivity index (χ0v) is 22.8. The quantitative estimate of drug-likeness (QED) is 0.482. The lowest BCUT2D eigenvalue weighted by Gasteiger charge is -2.37. The summed E-state index contributed by atoms with van der Waals surface area (Å²) in [6, 6.07) is 9.73. The smallest absolute Gasteiger partial charge is 0.245 e. The topological polar surface area (TPSA) is 52.6 Å². The Morgan fingerprint density at radius 3 is 2.20 bits per heavy atom. The molecule has 1 saturated carbocycles. The van der Waals surface area contributed by atoms with Crippen molar-refractivity contribution < 1.29 is 9.59 Å². The van der Waals surface area contributed by atoms with Crippen LogP contribution >= 0.6 is 46.4 Å². The highest BCUT2D eigenvalue weighted by Crippen LogP contribution is 2.51. The molecule has 4 rings (SSSR count). The maximum absolute atomic E-state index is 13.7. The van der Waals surface area contributed by atoms with E-state index in [0.29, 0.717) is 32.9 Å². The second kappa shape index (κ2) is 10.9. The molecule has 2 amide bonds. The molecule has 2 aromatic carbocycles. The summed E-state index contributed by atoms with van der Waals surface area (Å²) < 4.78 is 0. The average Bonchev–Trinajstić information content (AvgIpc) is 3.61. The predicted octanol–water partition coefficient (Wildman–Crippen LogP) is 5.61. The second-order valence-corrected chi connectivity index (χ2v) is 11.3. The third kappa shape index (κ3) is 5.91. The number of nitrogens with zero attached hydrogens (tertiary/aromatic N) is 2. The van der Waals surface area contributed by atoms with E-state index >= 15 is 0 Å². The summed E-state index contributed by atoms with van der Waals surface area (Å²) in [5, 5.41) is 5.01. The van der Waals surface area contributed by atoms with Gasteiger partial charge in [0.25, 0.3) is 0 Å². The Kier molecular flexibility index (Phi) is 8.24. The number of hydrogen-bond donors (Lipinski definition) is 1. The van der Waals surface area contributed by atoms with Gasteiger partial charge in [0.05, 0.1) is 5.41 Å². The highest BCUT2D eigenvalue weighted by molar-refractivity contribution is 6.35. The van der Waals surface area contributed by atoms with Crippen LogP contribution in [0, 0.1) is 0 Å². The monoisotopic (exact) mass is 555 g/mol. The van der Waals surface area contributed by atoms with Gasteiger partial charge in [0.15, 0.2) is 0 Å². The molecule has 1 saturated heterocycles. The molecule has 0 spiro atoms. The van der Waals surface area contributed by atoms with Gasteiger partial charge < -0.3 is 15.1 Å². The van der Waals surface area contributed by atoms with Crippen LogP contribution in [-0.2, 0) is 21.4 Å². The minimum atomic E-state index is -0.769. The zero-order valence-electron chi connectivity index (χ0n) is 19.8. The van der Waals surface area contributed by atoms with E-state index < -0.39 is 11.5 Å². The molecular weight excluding hydrogens is 528 g/mol. The highest BCUT2D eigenvalue weighted by atomic mass is 35.5. The lowest BCUT2D eigenvalue weighted by Crippen LogP contribution is -2.54. The molecule has 0 aromatic heterocycles. The molecule has 1 aliphatic carbocycles. The number of piperidine rings is 1. The van der Waals surface area contributed by atoms with E-state index in [2.05, 4.69) is 17.3 Å². The molecule has 0 bridgehead atoms. The number of likely N-dealkylation sites (N-methyl/N-ethyl adjacent to an activating group) is 1. The summed E-state index contributed by atoms with van der Waals surface area (Å²) in [5.74, 6) is -0.334. The Morgan fingerprint density at radius 1 is 1.03 bits per heavy atom. The van der Waals surface area contributed by atoms with Crippen molar-refractivity contribution in [1.29, 1.82) is 0 Å². The third-order valence-electron chi connectivity index (χ3n) is 7.26. The summed E-state index contributed by atoms with van der Waals surface area (Å²) in [6.07, 6.45) is 3.38. The number of nitrogens with one attached hydrogen (secondary N) is 1. The van der Waals surface area contributed by atoms with Crippen molar-refractivity contribution in [2.24, 2.45) is 0 Å². The van der Waals surface area contributed by atoms with Crippen LogP contribution < -0.4 is 5.32 Å². The normalized spacial score (nSPS) is 18.7. The van der Waals surface area contributed by atoms with Gasteiger partial charge in [-0.1, -0.05) is 58.5 Å². The van der Waals surface area contributed by atoms with E-state index in [0.717, 1.165) is 37.1 Å². The Bertz CT molecular complexity index is 1110. The number of amides is 2. The molecule has 1 aliphatic heterocycles. The van der Waals surface area contributed by atoms with Crippen molar-refractivity contribution in [3.8, 4) is 0 Å². The van der Waals surface area contributed by atoms with Gasteiger partial charge in [0, 0.05) is 39.6 Å². The minimum absolute atomic E-state index is 0.124. The van der Waals surface area contributed by atoms with Gasteiger partial charge in [0.2, 0.25) is 11.8 Å². The lowest BCUT2D eigenvalue weighted by molar-refractivity contribution is -0.138. The van der Waals surface area contributed by atoms with Crippen molar-refractivity contribution >= 4 is 58.2 Å². The van der Waals surface area contributed by atoms with Crippen LogP contribution in [-0.4, -0.2) is 60.9 Å². The number of benzene rings is 2. The molecule has 2 aromatic rings. The Hall–Kier alpha value is -1.50. The first-order chi connectivity index (χ1) is 16.6.